The monoisotopic (exact) mass is 316 g/mol. The molecule has 0 atom stereocenters. The van der Waals surface area contributed by atoms with Crippen LogP contribution < -0.4 is 0 Å². The molecular formula is C24H28. The van der Waals surface area contributed by atoms with Crippen LogP contribution in [0.1, 0.15) is 57.1 Å². The van der Waals surface area contributed by atoms with Gasteiger partial charge in [0.15, 0.2) is 0 Å². The molecule has 0 N–H and O–H groups in total. The van der Waals surface area contributed by atoms with E-state index in [1.54, 1.807) is 0 Å². The van der Waals surface area contributed by atoms with Crippen molar-refractivity contribution in [3.05, 3.63) is 71.8 Å². The maximum atomic E-state index is 2.34. The van der Waals surface area contributed by atoms with Crippen LogP contribution in [-0.4, -0.2) is 0 Å². The summed E-state index contributed by atoms with van der Waals surface area (Å²) in [4.78, 5) is 0. The van der Waals surface area contributed by atoms with Crippen molar-refractivity contribution in [2.45, 2.75) is 52.4 Å². The van der Waals surface area contributed by atoms with E-state index < -0.39 is 0 Å². The van der Waals surface area contributed by atoms with Crippen molar-refractivity contribution in [3.8, 4) is 22.3 Å². The van der Waals surface area contributed by atoms with Gasteiger partial charge in [0, 0.05) is 0 Å². The molecule has 0 heteroatoms. The van der Waals surface area contributed by atoms with Crippen LogP contribution in [0, 0.1) is 0 Å². The molecule has 2 aliphatic carbocycles. The Labute approximate surface area is 146 Å². The number of rotatable bonds is 6. The van der Waals surface area contributed by atoms with Crippen LogP contribution in [0.2, 0.25) is 0 Å². The molecule has 0 bridgehead atoms. The molecule has 0 aromatic heterocycles. The molecular weight excluding hydrogens is 288 g/mol. The lowest BCUT2D eigenvalue weighted by Gasteiger charge is -2.06. The zero-order valence-corrected chi connectivity index (χ0v) is 15.2. The third-order valence-corrected chi connectivity index (χ3v) is 4.91. The van der Waals surface area contributed by atoms with Crippen molar-refractivity contribution >= 4 is 0 Å². The van der Waals surface area contributed by atoms with Gasteiger partial charge in [0.25, 0.3) is 0 Å². The molecule has 0 saturated heterocycles. The average molecular weight is 316 g/mol. The van der Waals surface area contributed by atoms with Crippen molar-refractivity contribution in [2.75, 3.05) is 0 Å². The molecule has 3 rings (SSSR count). The summed E-state index contributed by atoms with van der Waals surface area (Å²) in [5, 5.41) is 0. The van der Waals surface area contributed by atoms with E-state index in [2.05, 4.69) is 81.4 Å². The molecule has 124 valence electrons. The second-order valence-corrected chi connectivity index (χ2v) is 7.09. The highest BCUT2D eigenvalue weighted by molar-refractivity contribution is 5.86. The van der Waals surface area contributed by atoms with E-state index in [1.165, 1.54) is 59.1 Å². The molecule has 0 spiro atoms. The Hall–Kier alpha value is -2.08. The smallest absolute Gasteiger partial charge is 0.0105 e. The van der Waals surface area contributed by atoms with E-state index in [9.17, 15) is 0 Å². The lowest BCUT2D eigenvalue weighted by atomic mass is 9.99. The normalized spacial score (nSPS) is 11.3. The predicted molar refractivity (Wildman–Crippen MR) is 106 cm³/mol. The highest BCUT2D eigenvalue weighted by Gasteiger charge is 2.11. The fourth-order valence-corrected chi connectivity index (χ4v) is 3.34. The van der Waals surface area contributed by atoms with Gasteiger partial charge in [-0.2, -0.15) is 0 Å². The number of hydrogen-bond donors (Lipinski definition) is 0. The van der Waals surface area contributed by atoms with E-state index in [1.807, 2.05) is 0 Å². The van der Waals surface area contributed by atoms with Crippen LogP contribution >= 0.6 is 0 Å². The van der Waals surface area contributed by atoms with Crippen molar-refractivity contribution in [1.82, 2.24) is 0 Å². The molecule has 0 nitrogen and oxygen atoms in total. The fraction of sp³-hybridized carbons (Fsp3) is 0.333. The summed E-state index contributed by atoms with van der Waals surface area (Å²) in [5.41, 5.74) is 8.20. The second-order valence-electron chi connectivity index (χ2n) is 7.09. The molecule has 1 aromatic carbocycles. The second kappa shape index (κ2) is 7.66. The van der Waals surface area contributed by atoms with E-state index in [4.69, 9.17) is 0 Å². The SMILES string of the molecule is CCCCCc1ccc(-c2ccc3cc(C(C)C)cccc2-3)cc1. The number of fused-ring (bicyclic) bond motifs is 1. The topological polar surface area (TPSA) is 0 Å². The first-order valence-corrected chi connectivity index (χ1v) is 9.31. The van der Waals surface area contributed by atoms with Crippen LogP contribution in [0.5, 0.6) is 0 Å². The summed E-state index contributed by atoms with van der Waals surface area (Å²) < 4.78 is 0. The van der Waals surface area contributed by atoms with Crippen molar-refractivity contribution in [1.29, 1.82) is 0 Å². The van der Waals surface area contributed by atoms with Crippen LogP contribution in [0.25, 0.3) is 22.3 Å². The van der Waals surface area contributed by atoms with Crippen molar-refractivity contribution in [3.63, 3.8) is 0 Å². The van der Waals surface area contributed by atoms with Crippen LogP contribution in [-0.2, 0) is 6.42 Å². The highest BCUT2D eigenvalue weighted by Crippen LogP contribution is 2.36. The van der Waals surface area contributed by atoms with Crippen LogP contribution in [0.15, 0.2) is 60.7 Å². The van der Waals surface area contributed by atoms with Gasteiger partial charge >= 0.3 is 0 Å². The molecule has 0 unspecified atom stereocenters. The molecule has 0 amide bonds. The van der Waals surface area contributed by atoms with Gasteiger partial charge in [-0.05, 0) is 52.1 Å². The van der Waals surface area contributed by atoms with Gasteiger partial charge in [0.1, 0.15) is 0 Å². The first-order chi connectivity index (χ1) is 11.7. The minimum Gasteiger partial charge on any atom is -0.0654 e. The van der Waals surface area contributed by atoms with Gasteiger partial charge in [-0.1, -0.05) is 94.3 Å². The molecule has 0 saturated carbocycles. The quantitative estimate of drug-likeness (QED) is 0.418. The highest BCUT2D eigenvalue weighted by atomic mass is 14.2. The lowest BCUT2D eigenvalue weighted by molar-refractivity contribution is 0.717. The zero-order valence-electron chi connectivity index (χ0n) is 15.2. The van der Waals surface area contributed by atoms with E-state index in [0.717, 1.165) is 0 Å². The number of benzene rings is 1. The van der Waals surface area contributed by atoms with Crippen molar-refractivity contribution in [2.24, 2.45) is 0 Å². The van der Waals surface area contributed by atoms with Gasteiger partial charge in [-0.15, -0.1) is 0 Å². The minimum absolute atomic E-state index is 0.557. The molecule has 0 heterocycles. The summed E-state index contributed by atoms with van der Waals surface area (Å²) in [6, 6.07) is 22.7. The zero-order chi connectivity index (χ0) is 16.9. The van der Waals surface area contributed by atoms with Gasteiger partial charge in [-0.25, -0.2) is 0 Å². The van der Waals surface area contributed by atoms with E-state index in [0.29, 0.717) is 5.92 Å². The summed E-state index contributed by atoms with van der Waals surface area (Å²) >= 11 is 0. The largest absolute Gasteiger partial charge is 0.0654 e. The Balaban J connectivity index is 1.86. The Morgan fingerprint density at radius 1 is 0.750 bits per heavy atom. The van der Waals surface area contributed by atoms with Crippen LogP contribution in [0.3, 0.4) is 0 Å². The molecule has 0 aliphatic heterocycles. The summed E-state index contributed by atoms with van der Waals surface area (Å²) in [6.07, 6.45) is 5.10. The first-order valence-electron chi connectivity index (χ1n) is 9.31. The number of unbranched alkanes of at least 4 members (excludes halogenated alkanes) is 2. The third kappa shape index (κ3) is 3.70. The summed E-state index contributed by atoms with van der Waals surface area (Å²) in [6.45, 7) is 6.76. The average Bonchev–Trinajstić information content (AvgIpc) is 2.85. The first kappa shape index (κ1) is 16.8. The molecule has 0 radical (unpaired) electrons. The standard InChI is InChI=1S/C24H28/c1-4-5-6-8-19-11-13-20(14-12-19)24-16-15-22-17-21(18(2)3)9-7-10-23(22)24/h7,9-18H,4-6,8H2,1-3H3. The molecule has 0 fully saturated rings. The Morgan fingerprint density at radius 2 is 1.46 bits per heavy atom. The van der Waals surface area contributed by atoms with E-state index in [-0.39, 0.29) is 0 Å². The van der Waals surface area contributed by atoms with E-state index >= 15 is 0 Å². The minimum atomic E-state index is 0.557. The molecule has 1 aromatic rings. The van der Waals surface area contributed by atoms with Crippen LogP contribution in [0.4, 0.5) is 0 Å². The fourth-order valence-electron chi connectivity index (χ4n) is 3.34. The van der Waals surface area contributed by atoms with Gasteiger partial charge in [0.05, 0.1) is 0 Å². The Bertz CT molecular complexity index is 749. The third-order valence-electron chi connectivity index (χ3n) is 4.91. The maximum absolute atomic E-state index is 2.34. The Morgan fingerprint density at radius 3 is 2.17 bits per heavy atom. The van der Waals surface area contributed by atoms with Gasteiger partial charge in [-0.3, -0.25) is 0 Å². The summed E-state index contributed by atoms with van der Waals surface area (Å²) in [7, 11) is 0. The summed E-state index contributed by atoms with van der Waals surface area (Å²) in [5.74, 6) is 0.557. The maximum Gasteiger partial charge on any atom is -0.0105 e. The van der Waals surface area contributed by atoms with Crippen molar-refractivity contribution < 1.29 is 0 Å². The predicted octanol–water partition coefficient (Wildman–Crippen LogP) is 7.31. The number of hydrogen-bond acceptors (Lipinski definition) is 0. The number of aryl methyl sites for hydroxylation is 1. The molecule has 2 aliphatic rings. The Kier molecular flexibility index (Phi) is 5.35. The lowest BCUT2D eigenvalue weighted by Crippen LogP contribution is -1.86. The molecule has 24 heavy (non-hydrogen) atoms. The van der Waals surface area contributed by atoms with Gasteiger partial charge < -0.3 is 0 Å². The van der Waals surface area contributed by atoms with Gasteiger partial charge in [0.2, 0.25) is 0 Å².